The summed E-state index contributed by atoms with van der Waals surface area (Å²) in [6.07, 6.45) is 5.69. The number of pyridine rings is 1. The minimum Gasteiger partial charge on any atom is -0.503 e. The van der Waals surface area contributed by atoms with Crippen LogP contribution in [0, 0.1) is 26.0 Å². The molecule has 0 atom stereocenters. The second-order valence-electron chi connectivity index (χ2n) is 9.56. The number of aromatic nitrogens is 4. The predicted octanol–water partition coefficient (Wildman–Crippen LogP) is 8.04. The molecule has 0 saturated heterocycles. The normalized spacial score (nSPS) is 11.1. The van der Waals surface area contributed by atoms with Crippen LogP contribution in [-0.4, -0.2) is 19.1 Å². The number of hydrogen-bond donors (Lipinski definition) is 0. The van der Waals surface area contributed by atoms with Gasteiger partial charge in [0.05, 0.1) is 12.0 Å². The van der Waals surface area contributed by atoms with Gasteiger partial charge in [-0.15, -0.1) is 41.3 Å². The van der Waals surface area contributed by atoms with Crippen molar-refractivity contribution in [1.82, 2.24) is 19.1 Å². The molecule has 0 radical (unpaired) electrons. The van der Waals surface area contributed by atoms with E-state index in [2.05, 4.69) is 87.5 Å². The van der Waals surface area contributed by atoms with E-state index in [0.717, 1.165) is 44.6 Å². The minimum absolute atomic E-state index is 0. The first-order valence-corrected chi connectivity index (χ1v) is 12.8. The van der Waals surface area contributed by atoms with Crippen molar-refractivity contribution in [3.05, 3.63) is 133 Å². The second-order valence-corrected chi connectivity index (χ2v) is 9.56. The van der Waals surface area contributed by atoms with E-state index in [1.165, 1.54) is 11.1 Å². The first-order chi connectivity index (χ1) is 19.2. The number of aryl methyl sites for hydroxylation is 2. The average molecular weight is 700 g/mol. The van der Waals surface area contributed by atoms with E-state index in [9.17, 15) is 0 Å². The van der Waals surface area contributed by atoms with Gasteiger partial charge in [-0.1, -0.05) is 54.0 Å². The van der Waals surface area contributed by atoms with Crippen molar-refractivity contribution < 1.29 is 25.8 Å². The second kappa shape index (κ2) is 10.6. The number of fused-ring (bicyclic) bond motifs is 3. The molecule has 0 amide bonds. The standard InChI is InChI=1S/C34H24N4O.Pt/c1-23-9-7-10-24(2)34(23)37-21-30(36-22-37)25-11-8-12-26(19-25)39-27-16-17-29-28-13-3-4-14-31(28)38(32(29)20-27)33-15-5-6-18-35-33;/h3-18,21-22H,1-2H3;/q-2;+2. The maximum atomic E-state index is 6.29. The molecule has 0 N–H and O–H groups in total. The quantitative estimate of drug-likeness (QED) is 0.171. The van der Waals surface area contributed by atoms with Gasteiger partial charge in [0.1, 0.15) is 5.82 Å². The predicted molar refractivity (Wildman–Crippen MR) is 155 cm³/mol. The van der Waals surface area contributed by atoms with E-state index in [-0.39, 0.29) is 21.1 Å². The van der Waals surface area contributed by atoms with E-state index >= 15 is 0 Å². The summed E-state index contributed by atoms with van der Waals surface area (Å²) >= 11 is 0. The molecule has 0 aliphatic heterocycles. The van der Waals surface area contributed by atoms with Crippen LogP contribution in [0.1, 0.15) is 11.1 Å². The van der Waals surface area contributed by atoms with E-state index in [4.69, 9.17) is 4.74 Å². The van der Waals surface area contributed by atoms with Crippen molar-refractivity contribution >= 4 is 21.8 Å². The van der Waals surface area contributed by atoms with Crippen molar-refractivity contribution in [1.29, 1.82) is 0 Å². The average Bonchev–Trinajstić information content (AvgIpc) is 3.57. The summed E-state index contributed by atoms with van der Waals surface area (Å²) in [4.78, 5) is 9.26. The molecule has 5 nitrogen and oxygen atoms in total. The van der Waals surface area contributed by atoms with Crippen LogP contribution in [0.5, 0.6) is 11.5 Å². The van der Waals surface area contributed by atoms with Gasteiger partial charge in [-0.3, -0.25) is 4.98 Å². The smallest absolute Gasteiger partial charge is 0.503 e. The summed E-state index contributed by atoms with van der Waals surface area (Å²) in [6, 6.07) is 37.3. The van der Waals surface area contributed by atoms with Crippen molar-refractivity contribution in [3.63, 3.8) is 0 Å². The number of ether oxygens (including phenoxy) is 1. The third-order valence-corrected chi connectivity index (χ3v) is 6.98. The Labute approximate surface area is 247 Å². The topological polar surface area (TPSA) is 44.9 Å². The fourth-order valence-electron chi connectivity index (χ4n) is 5.23. The van der Waals surface area contributed by atoms with Gasteiger partial charge in [-0.2, -0.15) is 6.07 Å². The van der Waals surface area contributed by atoms with Gasteiger partial charge >= 0.3 is 21.1 Å². The molecule has 196 valence electrons. The van der Waals surface area contributed by atoms with Gasteiger partial charge in [0.25, 0.3) is 0 Å². The maximum Gasteiger partial charge on any atom is 2.00 e. The molecule has 3 aromatic heterocycles. The van der Waals surface area contributed by atoms with Crippen LogP contribution >= 0.6 is 0 Å². The molecule has 0 saturated carbocycles. The zero-order chi connectivity index (χ0) is 26.3. The number of hydrogen-bond acceptors (Lipinski definition) is 3. The van der Waals surface area contributed by atoms with Crippen LogP contribution in [-0.2, 0) is 21.1 Å². The Morgan fingerprint density at radius 1 is 0.700 bits per heavy atom. The molecule has 0 fully saturated rings. The molecule has 0 aliphatic carbocycles. The molecule has 0 spiro atoms. The zero-order valence-electron chi connectivity index (χ0n) is 21.9. The Balaban J connectivity index is 0.00000289. The Morgan fingerprint density at radius 2 is 1.48 bits per heavy atom. The molecule has 4 aromatic carbocycles. The summed E-state index contributed by atoms with van der Waals surface area (Å²) in [7, 11) is 0. The zero-order valence-corrected chi connectivity index (χ0v) is 24.2. The van der Waals surface area contributed by atoms with Crippen molar-refractivity contribution in [2.75, 3.05) is 0 Å². The van der Waals surface area contributed by atoms with Crippen LogP contribution in [0.3, 0.4) is 0 Å². The Kier molecular flexibility index (Phi) is 6.83. The van der Waals surface area contributed by atoms with Crippen LogP contribution < -0.4 is 4.74 Å². The minimum atomic E-state index is 0. The third-order valence-electron chi connectivity index (χ3n) is 6.98. The molecule has 0 bridgehead atoms. The molecule has 0 unspecified atom stereocenters. The van der Waals surface area contributed by atoms with Crippen molar-refractivity contribution in [2.45, 2.75) is 13.8 Å². The first-order valence-electron chi connectivity index (χ1n) is 12.8. The SMILES string of the molecule is Cc1cccc(C)c1-n1cnc(-c2[c-]c(Oc3[c-]c4c(cc3)c3ccccc3n4-c3ccccn3)ccc2)c1.[Pt+2]. The molecule has 7 rings (SSSR count). The van der Waals surface area contributed by atoms with Crippen LogP contribution in [0.25, 0.3) is 44.6 Å². The van der Waals surface area contributed by atoms with Crippen LogP contribution in [0.2, 0.25) is 0 Å². The molecule has 0 aliphatic rings. The van der Waals surface area contributed by atoms with Gasteiger partial charge in [0.2, 0.25) is 0 Å². The Morgan fingerprint density at radius 3 is 2.30 bits per heavy atom. The van der Waals surface area contributed by atoms with Crippen LogP contribution in [0.4, 0.5) is 0 Å². The third kappa shape index (κ3) is 4.53. The molecule has 6 heteroatoms. The van der Waals surface area contributed by atoms with Gasteiger partial charge in [-0.05, 0) is 54.8 Å². The number of imidazole rings is 1. The molecular formula is C34H24N4OPt. The van der Waals surface area contributed by atoms with E-state index in [0.29, 0.717) is 11.5 Å². The molecule has 40 heavy (non-hydrogen) atoms. The summed E-state index contributed by atoms with van der Waals surface area (Å²) in [5, 5.41) is 2.24. The fourth-order valence-corrected chi connectivity index (χ4v) is 5.23. The van der Waals surface area contributed by atoms with E-state index in [1.807, 2.05) is 61.1 Å². The summed E-state index contributed by atoms with van der Waals surface area (Å²) in [5.74, 6) is 2.05. The number of para-hydroxylation sites is 2. The summed E-state index contributed by atoms with van der Waals surface area (Å²) in [5.41, 5.74) is 7.24. The number of rotatable bonds is 5. The molecular weight excluding hydrogens is 675 g/mol. The van der Waals surface area contributed by atoms with Gasteiger partial charge in [-0.25, -0.2) is 4.98 Å². The van der Waals surface area contributed by atoms with Gasteiger partial charge < -0.3 is 13.9 Å². The Bertz CT molecular complexity index is 1950. The first kappa shape index (κ1) is 25.8. The molecule has 3 heterocycles. The monoisotopic (exact) mass is 699 g/mol. The number of benzene rings is 4. The van der Waals surface area contributed by atoms with Crippen molar-refractivity contribution in [3.8, 4) is 34.3 Å². The maximum absolute atomic E-state index is 6.29. The summed E-state index contributed by atoms with van der Waals surface area (Å²) in [6.45, 7) is 4.23. The fraction of sp³-hybridized carbons (Fsp3) is 0.0588. The van der Waals surface area contributed by atoms with E-state index in [1.54, 1.807) is 6.20 Å². The summed E-state index contributed by atoms with van der Waals surface area (Å²) < 4.78 is 10.5. The van der Waals surface area contributed by atoms with Gasteiger partial charge in [0.15, 0.2) is 0 Å². The van der Waals surface area contributed by atoms with E-state index < -0.39 is 0 Å². The number of nitrogens with zero attached hydrogens (tertiary/aromatic N) is 4. The van der Waals surface area contributed by atoms with Crippen LogP contribution in [0.15, 0.2) is 110 Å². The molecule has 7 aromatic rings. The Hall–Kier alpha value is -4.47. The van der Waals surface area contributed by atoms with Crippen molar-refractivity contribution in [2.24, 2.45) is 0 Å². The van der Waals surface area contributed by atoms with Gasteiger partial charge in [0, 0.05) is 28.9 Å². The largest absolute Gasteiger partial charge is 2.00 e.